The highest BCUT2D eigenvalue weighted by molar-refractivity contribution is 7.99. The van der Waals surface area contributed by atoms with E-state index in [-0.39, 0.29) is 52.8 Å². The maximum Gasteiger partial charge on any atom is 0.417 e. The normalized spacial score (nSPS) is 12.6. The van der Waals surface area contributed by atoms with Gasteiger partial charge in [0, 0.05) is 23.3 Å². The summed E-state index contributed by atoms with van der Waals surface area (Å²) in [5.41, 5.74) is -3.32. The smallest absolute Gasteiger partial charge is 0.394 e. The molecule has 0 fully saturated rings. The predicted octanol–water partition coefficient (Wildman–Crippen LogP) is 3.25. The van der Waals surface area contributed by atoms with Crippen molar-refractivity contribution in [3.05, 3.63) is 62.6 Å². The third-order valence-electron chi connectivity index (χ3n) is 4.38. The summed E-state index contributed by atoms with van der Waals surface area (Å²) < 4.78 is 60.2. The number of benzene rings is 2. The third-order valence-corrected chi connectivity index (χ3v) is 5.62. The van der Waals surface area contributed by atoms with E-state index < -0.39 is 34.9 Å². The fourth-order valence-corrected chi connectivity index (χ4v) is 4.19. The topological polar surface area (TPSA) is 95.2 Å². The Bertz CT molecular complexity index is 1170. The Balaban J connectivity index is 0.00000341. The number of aromatic amines is 2. The summed E-state index contributed by atoms with van der Waals surface area (Å²) in [5, 5.41) is 8.98. The molecule has 0 saturated heterocycles. The summed E-state index contributed by atoms with van der Waals surface area (Å²) in [4.78, 5) is 28.3. The fraction of sp³-hybridized carbons (Fsp3) is 0.263. The molecule has 0 saturated carbocycles. The van der Waals surface area contributed by atoms with Crippen LogP contribution in [0.1, 0.15) is 5.56 Å². The van der Waals surface area contributed by atoms with Crippen LogP contribution in [0, 0.1) is 5.82 Å². The van der Waals surface area contributed by atoms with Crippen LogP contribution in [0.3, 0.4) is 0 Å². The molecule has 2 aromatic carbocycles. The zero-order chi connectivity index (χ0) is 22.1. The molecule has 12 heteroatoms. The van der Waals surface area contributed by atoms with E-state index >= 15 is 0 Å². The summed E-state index contributed by atoms with van der Waals surface area (Å²) in [6, 6.07) is 5.05. The number of fused-ring (bicyclic) bond motifs is 1. The number of aliphatic hydroxyl groups is 1. The number of nitrogens with one attached hydrogen (secondary N) is 2. The second-order valence-corrected chi connectivity index (χ2v) is 7.35. The van der Waals surface area contributed by atoms with Crippen LogP contribution in [0.4, 0.5) is 17.6 Å². The minimum Gasteiger partial charge on any atom is -0.394 e. The zero-order valence-electron chi connectivity index (χ0n) is 16.0. The molecule has 0 radical (unpaired) electrons. The summed E-state index contributed by atoms with van der Waals surface area (Å²) >= 11 is 0.879. The number of thioether (sulfide) groups is 1. The molecule has 3 N–H and O–H groups in total. The van der Waals surface area contributed by atoms with E-state index in [2.05, 4.69) is 4.98 Å². The van der Waals surface area contributed by atoms with Gasteiger partial charge in [0.05, 0.1) is 29.2 Å². The fourth-order valence-electron chi connectivity index (χ4n) is 2.92. The zero-order valence-corrected chi connectivity index (χ0v) is 17.8. The third kappa shape index (κ3) is 5.32. The van der Waals surface area contributed by atoms with Crippen LogP contribution in [-0.4, -0.2) is 40.6 Å². The lowest BCUT2D eigenvalue weighted by atomic mass is 9.97. The van der Waals surface area contributed by atoms with Crippen molar-refractivity contribution in [2.45, 2.75) is 17.2 Å². The molecule has 6 nitrogen and oxygen atoms in total. The van der Waals surface area contributed by atoms with Crippen LogP contribution < -0.4 is 11.2 Å². The Hall–Kier alpha value is -2.28. The molecule has 0 aliphatic carbocycles. The largest absolute Gasteiger partial charge is 0.417 e. The van der Waals surface area contributed by atoms with Gasteiger partial charge in [-0.05, 0) is 23.8 Å². The lowest BCUT2D eigenvalue weighted by molar-refractivity contribution is -0.137. The number of methoxy groups -OCH3 is 1. The summed E-state index contributed by atoms with van der Waals surface area (Å²) in [7, 11) is 1.33. The van der Waals surface area contributed by atoms with E-state index in [1.807, 2.05) is 4.98 Å². The molecular formula is C19H18F4N2O4S2. The first kappa shape index (κ1) is 25.0. The number of aliphatic hydroxyl groups excluding tert-OH is 1. The summed E-state index contributed by atoms with van der Waals surface area (Å²) in [6.07, 6.45) is -5.54. The van der Waals surface area contributed by atoms with E-state index in [0.29, 0.717) is 6.07 Å². The average molecular weight is 478 g/mol. The van der Waals surface area contributed by atoms with Crippen LogP contribution in [0.25, 0.3) is 22.0 Å². The van der Waals surface area contributed by atoms with Gasteiger partial charge in [0.15, 0.2) is 0 Å². The molecule has 1 aromatic heterocycles. The Morgan fingerprint density at radius 2 is 1.81 bits per heavy atom. The van der Waals surface area contributed by atoms with Crippen molar-refractivity contribution in [3.8, 4) is 11.1 Å². The Morgan fingerprint density at radius 3 is 2.35 bits per heavy atom. The van der Waals surface area contributed by atoms with Crippen LogP contribution in [0.15, 0.2) is 44.8 Å². The van der Waals surface area contributed by atoms with Gasteiger partial charge >= 0.3 is 11.9 Å². The first-order valence-electron chi connectivity index (χ1n) is 8.58. The van der Waals surface area contributed by atoms with Crippen molar-refractivity contribution >= 4 is 36.2 Å². The first-order chi connectivity index (χ1) is 14.2. The highest BCUT2D eigenvalue weighted by atomic mass is 32.2. The monoisotopic (exact) mass is 478 g/mol. The molecule has 31 heavy (non-hydrogen) atoms. The van der Waals surface area contributed by atoms with E-state index in [4.69, 9.17) is 4.74 Å². The van der Waals surface area contributed by atoms with Crippen molar-refractivity contribution in [3.63, 3.8) is 0 Å². The number of H-pyrrole nitrogens is 2. The molecule has 0 spiro atoms. The van der Waals surface area contributed by atoms with Crippen molar-refractivity contribution < 1.29 is 27.4 Å². The highest BCUT2D eigenvalue weighted by Crippen LogP contribution is 2.45. The van der Waals surface area contributed by atoms with Crippen LogP contribution in [0.2, 0.25) is 0 Å². The van der Waals surface area contributed by atoms with Gasteiger partial charge in [-0.3, -0.25) is 9.78 Å². The van der Waals surface area contributed by atoms with Gasteiger partial charge in [0.1, 0.15) is 5.82 Å². The Kier molecular flexibility index (Phi) is 7.98. The maximum absolute atomic E-state index is 13.9. The molecule has 0 amide bonds. The van der Waals surface area contributed by atoms with Crippen molar-refractivity contribution in [2.24, 2.45) is 0 Å². The van der Waals surface area contributed by atoms with Gasteiger partial charge in [-0.15, -0.1) is 11.8 Å². The van der Waals surface area contributed by atoms with Crippen LogP contribution in [0.5, 0.6) is 0 Å². The molecule has 1 heterocycles. The van der Waals surface area contributed by atoms with E-state index in [1.54, 1.807) is 0 Å². The summed E-state index contributed by atoms with van der Waals surface area (Å²) in [5.74, 6) is -0.598. The number of rotatable bonds is 6. The summed E-state index contributed by atoms with van der Waals surface area (Å²) in [6.45, 7) is -0.386. The lowest BCUT2D eigenvalue weighted by Gasteiger charge is -2.20. The number of alkyl halides is 3. The van der Waals surface area contributed by atoms with Crippen molar-refractivity contribution in [2.75, 3.05) is 19.5 Å². The standard InChI is InChI=1S/C19H16F4N2O4S.H2S/c1-29-11(7-26)8-30-16-14(9-2-4-10(20)5-3-9)13(19(21,22)23)6-12-15(16)24-18(28)25-17(12)27;/h2-6,11,26H,7-8H2,1H3,(H2,24,25,27,28);1H2/t11-;/m0./s1. The Morgan fingerprint density at radius 1 is 1.16 bits per heavy atom. The number of ether oxygens (including phenoxy) is 1. The van der Waals surface area contributed by atoms with E-state index in [0.717, 1.165) is 23.9 Å². The average Bonchev–Trinajstić information content (AvgIpc) is 2.68. The number of hydrogen-bond acceptors (Lipinski definition) is 5. The minimum absolute atomic E-state index is 0. The predicted molar refractivity (Wildman–Crippen MR) is 115 cm³/mol. The molecule has 168 valence electrons. The molecule has 0 aliphatic heterocycles. The molecule has 0 aliphatic rings. The van der Waals surface area contributed by atoms with Crippen LogP contribution >= 0.6 is 25.3 Å². The lowest BCUT2D eigenvalue weighted by Crippen LogP contribution is -2.24. The van der Waals surface area contributed by atoms with Crippen LogP contribution in [-0.2, 0) is 10.9 Å². The minimum atomic E-state index is -4.84. The Labute approximate surface area is 184 Å². The van der Waals surface area contributed by atoms with Crippen molar-refractivity contribution in [1.82, 2.24) is 9.97 Å². The van der Waals surface area contributed by atoms with Crippen molar-refractivity contribution in [1.29, 1.82) is 0 Å². The SMILES string of the molecule is CO[C@@H](CO)CSc1c(-c2ccc(F)cc2)c(C(F)(F)F)cc2c(=O)[nH]c(=O)[nH]c12.S. The molecule has 0 bridgehead atoms. The molecule has 3 rings (SSSR count). The number of aromatic nitrogens is 2. The number of halogens is 4. The second-order valence-electron chi connectivity index (χ2n) is 6.32. The number of hydrogen-bond donors (Lipinski definition) is 3. The maximum atomic E-state index is 13.9. The van der Waals surface area contributed by atoms with Gasteiger partial charge in [-0.1, -0.05) is 12.1 Å². The van der Waals surface area contributed by atoms with Gasteiger partial charge in [0.25, 0.3) is 5.56 Å². The van der Waals surface area contributed by atoms with Gasteiger partial charge in [-0.2, -0.15) is 26.7 Å². The highest BCUT2D eigenvalue weighted by Gasteiger charge is 2.36. The first-order valence-corrected chi connectivity index (χ1v) is 9.57. The van der Waals surface area contributed by atoms with Gasteiger partial charge in [-0.25, -0.2) is 9.18 Å². The second kappa shape index (κ2) is 9.90. The van der Waals surface area contributed by atoms with Gasteiger partial charge in [0.2, 0.25) is 0 Å². The molecule has 1 atom stereocenters. The van der Waals surface area contributed by atoms with E-state index in [9.17, 15) is 32.3 Å². The van der Waals surface area contributed by atoms with E-state index in [1.165, 1.54) is 19.2 Å². The molecule has 0 unspecified atom stereocenters. The molecule has 3 aromatic rings. The van der Waals surface area contributed by atoms with Gasteiger partial charge < -0.3 is 14.8 Å². The molecular weight excluding hydrogens is 460 g/mol. The quantitative estimate of drug-likeness (QED) is 0.374.